The van der Waals surface area contributed by atoms with Gasteiger partial charge in [0.05, 0.1) is 29.4 Å². The Morgan fingerprint density at radius 1 is 1.12 bits per heavy atom. The lowest BCUT2D eigenvalue weighted by Gasteiger charge is -2.12. The summed E-state index contributed by atoms with van der Waals surface area (Å²) >= 11 is 0. The zero-order valence-electron chi connectivity index (χ0n) is 13.2. The van der Waals surface area contributed by atoms with Crippen LogP contribution in [0.15, 0.2) is 51.8 Å². The first-order chi connectivity index (χ1) is 12.6. The zero-order valence-corrected chi connectivity index (χ0v) is 13.2. The zero-order chi connectivity index (χ0) is 18.1. The number of aryl methyl sites for hydroxylation is 1. The lowest BCUT2D eigenvalue weighted by Crippen LogP contribution is -2.32. The van der Waals surface area contributed by atoms with Crippen LogP contribution in [0.5, 0.6) is 0 Å². The van der Waals surface area contributed by atoms with Crippen LogP contribution in [0.3, 0.4) is 0 Å². The quantitative estimate of drug-likeness (QED) is 0.640. The Morgan fingerprint density at radius 3 is 2.50 bits per heavy atom. The highest BCUT2D eigenvalue weighted by atomic mass is 16.7. The molecule has 9 nitrogen and oxygen atoms in total. The Kier molecular flexibility index (Phi) is 3.81. The monoisotopic (exact) mass is 353 g/mol. The largest absolute Gasteiger partial charge is 0.472 e. The van der Waals surface area contributed by atoms with Gasteiger partial charge in [0, 0.05) is 6.42 Å². The fourth-order valence-corrected chi connectivity index (χ4v) is 2.47. The summed E-state index contributed by atoms with van der Waals surface area (Å²) in [7, 11) is 0. The first-order valence-corrected chi connectivity index (χ1v) is 7.67. The smallest absolute Gasteiger partial charge is 0.333 e. The predicted octanol–water partition coefficient (Wildman–Crippen LogP) is 2.02. The molecule has 130 valence electrons. The topological polar surface area (TPSA) is 116 Å². The van der Waals surface area contributed by atoms with Gasteiger partial charge >= 0.3 is 5.97 Å². The van der Waals surface area contributed by atoms with Crippen LogP contribution in [0.2, 0.25) is 0 Å². The van der Waals surface area contributed by atoms with Crippen molar-refractivity contribution in [2.75, 3.05) is 0 Å². The minimum Gasteiger partial charge on any atom is -0.472 e. The van der Waals surface area contributed by atoms with Crippen molar-refractivity contribution in [1.29, 1.82) is 0 Å². The number of nitrogens with zero attached hydrogens (tertiary/aromatic N) is 3. The number of amides is 2. The number of imide groups is 1. The Morgan fingerprint density at radius 2 is 1.85 bits per heavy atom. The van der Waals surface area contributed by atoms with Crippen molar-refractivity contribution in [2.24, 2.45) is 0 Å². The molecule has 0 N–H and O–H groups in total. The van der Waals surface area contributed by atoms with Gasteiger partial charge in [-0.1, -0.05) is 22.4 Å². The normalized spacial score (nSPS) is 13.2. The fourth-order valence-electron chi connectivity index (χ4n) is 2.47. The van der Waals surface area contributed by atoms with E-state index in [1.807, 2.05) is 0 Å². The third kappa shape index (κ3) is 2.75. The average Bonchev–Trinajstić information content (AvgIpc) is 3.38. The highest BCUT2D eigenvalue weighted by Gasteiger charge is 2.38. The van der Waals surface area contributed by atoms with E-state index in [2.05, 4.69) is 10.1 Å². The lowest BCUT2D eigenvalue weighted by atomic mass is 10.1. The number of rotatable bonds is 5. The molecule has 0 atom stereocenters. The summed E-state index contributed by atoms with van der Waals surface area (Å²) in [6, 6.07) is 7.93. The summed E-state index contributed by atoms with van der Waals surface area (Å²) in [5, 5.41) is 4.24. The molecule has 0 spiro atoms. The van der Waals surface area contributed by atoms with Gasteiger partial charge in [-0.3, -0.25) is 9.59 Å². The molecule has 3 heterocycles. The first-order valence-electron chi connectivity index (χ1n) is 7.67. The molecule has 1 aromatic carbocycles. The van der Waals surface area contributed by atoms with E-state index < -0.39 is 17.8 Å². The van der Waals surface area contributed by atoms with Crippen LogP contribution in [0, 0.1) is 0 Å². The van der Waals surface area contributed by atoms with Crippen molar-refractivity contribution in [3.63, 3.8) is 0 Å². The maximum atomic E-state index is 12.1. The van der Waals surface area contributed by atoms with Gasteiger partial charge in [0.15, 0.2) is 0 Å². The van der Waals surface area contributed by atoms with Crippen molar-refractivity contribution in [3.8, 4) is 11.4 Å². The summed E-state index contributed by atoms with van der Waals surface area (Å²) in [4.78, 5) is 45.3. The number of aromatic nitrogens is 2. The first kappa shape index (κ1) is 15.8. The number of carbonyl (C=O) groups excluding carboxylic acids is 3. The molecule has 9 heteroatoms. The number of benzene rings is 1. The maximum absolute atomic E-state index is 12.1. The van der Waals surface area contributed by atoms with Crippen LogP contribution in [-0.2, 0) is 16.1 Å². The number of hydrogen-bond donors (Lipinski definition) is 0. The molecule has 1 aliphatic rings. The predicted molar refractivity (Wildman–Crippen MR) is 83.4 cm³/mol. The Hall–Kier alpha value is -3.75. The van der Waals surface area contributed by atoms with Gasteiger partial charge in [0.1, 0.15) is 6.26 Å². The molecule has 0 bridgehead atoms. The van der Waals surface area contributed by atoms with Crippen molar-refractivity contribution < 1.29 is 28.2 Å². The van der Waals surface area contributed by atoms with Gasteiger partial charge in [-0.2, -0.15) is 4.98 Å². The molecule has 0 unspecified atom stereocenters. The average molecular weight is 353 g/mol. The van der Waals surface area contributed by atoms with E-state index in [1.54, 1.807) is 18.2 Å². The molecule has 4 rings (SSSR count). The van der Waals surface area contributed by atoms with Crippen LogP contribution in [-0.4, -0.2) is 33.0 Å². The third-order valence-corrected chi connectivity index (χ3v) is 3.74. The summed E-state index contributed by atoms with van der Waals surface area (Å²) in [5.41, 5.74) is 1.05. The number of hydrogen-bond acceptors (Lipinski definition) is 8. The number of furan rings is 1. The molecule has 3 aromatic rings. The maximum Gasteiger partial charge on any atom is 0.333 e. The lowest BCUT2D eigenvalue weighted by molar-refractivity contribution is -0.168. The van der Waals surface area contributed by atoms with Crippen LogP contribution >= 0.6 is 0 Å². The van der Waals surface area contributed by atoms with E-state index in [0.29, 0.717) is 16.5 Å². The van der Waals surface area contributed by atoms with Crippen LogP contribution in [0.25, 0.3) is 11.4 Å². The van der Waals surface area contributed by atoms with Gasteiger partial charge < -0.3 is 13.8 Å². The van der Waals surface area contributed by atoms with Crippen molar-refractivity contribution in [3.05, 3.63) is 59.9 Å². The molecule has 2 aromatic heterocycles. The van der Waals surface area contributed by atoms with Crippen molar-refractivity contribution in [2.45, 2.75) is 12.8 Å². The van der Waals surface area contributed by atoms with Crippen LogP contribution < -0.4 is 0 Å². The minimum atomic E-state index is -0.762. The summed E-state index contributed by atoms with van der Waals surface area (Å²) in [5.74, 6) is -1.54. The molecule has 26 heavy (non-hydrogen) atoms. The third-order valence-electron chi connectivity index (χ3n) is 3.74. The van der Waals surface area contributed by atoms with Gasteiger partial charge in [-0.05, 0) is 18.2 Å². The molecule has 0 saturated carbocycles. The molecule has 0 saturated heterocycles. The molecule has 1 aliphatic heterocycles. The van der Waals surface area contributed by atoms with Crippen LogP contribution in [0.1, 0.15) is 33.0 Å². The van der Waals surface area contributed by atoms with Gasteiger partial charge in [-0.15, -0.1) is 0 Å². The highest BCUT2D eigenvalue weighted by molar-refractivity contribution is 6.20. The van der Waals surface area contributed by atoms with Crippen molar-refractivity contribution >= 4 is 17.8 Å². The summed E-state index contributed by atoms with van der Waals surface area (Å²) < 4.78 is 9.98. The highest BCUT2D eigenvalue weighted by Crippen LogP contribution is 2.23. The van der Waals surface area contributed by atoms with E-state index >= 15 is 0 Å². The summed E-state index contributed by atoms with van der Waals surface area (Å²) in [6.07, 6.45) is 2.91. The Bertz CT molecular complexity index is 957. The molecule has 2 amide bonds. The van der Waals surface area contributed by atoms with E-state index in [1.165, 1.54) is 24.7 Å². The van der Waals surface area contributed by atoms with Gasteiger partial charge in [0.2, 0.25) is 11.7 Å². The number of hydroxylamine groups is 2. The SMILES string of the molecule is O=C(CCc1nc(-c2ccoc2)no1)ON1C(=O)c2ccccc2C1=O. The van der Waals surface area contributed by atoms with E-state index in [-0.39, 0.29) is 29.9 Å². The van der Waals surface area contributed by atoms with Crippen LogP contribution in [0.4, 0.5) is 0 Å². The minimum absolute atomic E-state index is 0.104. The summed E-state index contributed by atoms with van der Waals surface area (Å²) in [6.45, 7) is 0. The fraction of sp³-hybridized carbons (Fsp3) is 0.118. The van der Waals surface area contributed by atoms with Gasteiger partial charge in [0.25, 0.3) is 11.8 Å². The molecule has 0 radical (unpaired) electrons. The molecule has 0 fully saturated rings. The molecular weight excluding hydrogens is 342 g/mol. The standard InChI is InChI=1S/C17H11N3O6/c21-14(6-5-13-18-15(19-25-13)10-7-8-24-9-10)26-20-16(22)11-3-1-2-4-12(11)17(20)23/h1-4,7-9H,5-6H2. The van der Waals surface area contributed by atoms with Crippen molar-refractivity contribution in [1.82, 2.24) is 15.2 Å². The van der Waals surface area contributed by atoms with E-state index in [9.17, 15) is 14.4 Å². The van der Waals surface area contributed by atoms with Gasteiger partial charge in [-0.25, -0.2) is 4.79 Å². The Labute approximate surface area is 146 Å². The second kappa shape index (κ2) is 6.28. The molecular formula is C17H11N3O6. The second-order valence-electron chi connectivity index (χ2n) is 5.44. The Balaban J connectivity index is 1.37. The molecule has 0 aliphatic carbocycles. The van der Waals surface area contributed by atoms with E-state index in [4.69, 9.17) is 13.8 Å². The number of fused-ring (bicyclic) bond motifs is 1. The van der Waals surface area contributed by atoms with E-state index in [0.717, 1.165) is 0 Å². The second-order valence-corrected chi connectivity index (χ2v) is 5.44. The number of carbonyl (C=O) groups is 3.